The molecule has 1 saturated carbocycles. The van der Waals surface area contributed by atoms with Gasteiger partial charge in [-0.05, 0) is 76.6 Å². The van der Waals surface area contributed by atoms with E-state index >= 15 is 0 Å². The molecule has 2 fully saturated rings. The van der Waals surface area contributed by atoms with Crippen molar-refractivity contribution in [2.24, 2.45) is 0 Å². The zero-order chi connectivity index (χ0) is 21.0. The van der Waals surface area contributed by atoms with E-state index in [1.807, 2.05) is 37.4 Å². The van der Waals surface area contributed by atoms with Crippen LogP contribution in [0.2, 0.25) is 0 Å². The third-order valence-corrected chi connectivity index (χ3v) is 6.61. The molecule has 5 heteroatoms. The lowest BCUT2D eigenvalue weighted by atomic mass is 9.92. The summed E-state index contributed by atoms with van der Waals surface area (Å²) in [4.78, 5) is 16.7. The van der Waals surface area contributed by atoms with E-state index < -0.39 is 0 Å². The summed E-state index contributed by atoms with van der Waals surface area (Å²) in [5.74, 6) is 0. The Labute approximate surface area is 182 Å². The van der Waals surface area contributed by atoms with Gasteiger partial charge in [0.15, 0.2) is 0 Å². The molecule has 0 radical (unpaired) electrons. The van der Waals surface area contributed by atoms with Crippen molar-refractivity contribution >= 4 is 6.09 Å². The third kappa shape index (κ3) is 7.92. The molecule has 1 aromatic rings. The first-order valence-electron chi connectivity index (χ1n) is 12.0. The monoisotopic (exact) mass is 416 g/mol. The van der Waals surface area contributed by atoms with E-state index in [1.54, 1.807) is 4.90 Å². The fraction of sp³-hybridized carbons (Fsp3) is 0.720. The van der Waals surface area contributed by atoms with Gasteiger partial charge in [-0.1, -0.05) is 43.2 Å². The zero-order valence-electron chi connectivity index (χ0n) is 18.8. The predicted molar refractivity (Wildman–Crippen MR) is 121 cm³/mol. The van der Waals surface area contributed by atoms with Crippen molar-refractivity contribution in [1.29, 1.82) is 0 Å². The van der Waals surface area contributed by atoms with Gasteiger partial charge in [0, 0.05) is 19.7 Å². The van der Waals surface area contributed by atoms with Crippen molar-refractivity contribution < 1.29 is 14.3 Å². The highest BCUT2D eigenvalue weighted by molar-refractivity contribution is 5.67. The fourth-order valence-corrected chi connectivity index (χ4v) is 4.62. The number of hydrogen-bond acceptors (Lipinski definition) is 4. The molecule has 2 aliphatic rings. The van der Waals surface area contributed by atoms with E-state index in [0.717, 1.165) is 37.9 Å². The average molecular weight is 417 g/mol. The van der Waals surface area contributed by atoms with Gasteiger partial charge in [0.25, 0.3) is 0 Å². The number of likely N-dealkylation sites (tertiary alicyclic amines) is 1. The first kappa shape index (κ1) is 23.1. The molecule has 0 atom stereocenters. The second-order valence-electron chi connectivity index (χ2n) is 8.92. The molecule has 1 aliphatic carbocycles. The Hall–Kier alpha value is -1.59. The van der Waals surface area contributed by atoms with E-state index in [-0.39, 0.29) is 12.1 Å². The maximum absolute atomic E-state index is 12.3. The molecule has 1 aliphatic heterocycles. The molecular formula is C25H40N2O3. The minimum atomic E-state index is -0.225. The van der Waals surface area contributed by atoms with E-state index in [4.69, 9.17) is 9.47 Å². The van der Waals surface area contributed by atoms with E-state index in [9.17, 15) is 4.79 Å². The van der Waals surface area contributed by atoms with Gasteiger partial charge in [0.05, 0.1) is 6.10 Å². The zero-order valence-corrected chi connectivity index (χ0v) is 18.8. The molecule has 30 heavy (non-hydrogen) atoms. The molecule has 0 spiro atoms. The number of rotatable bonds is 11. The Kier molecular flexibility index (Phi) is 9.97. The average Bonchev–Trinajstić information content (AvgIpc) is 3.31. The molecular weight excluding hydrogens is 376 g/mol. The van der Waals surface area contributed by atoms with Crippen LogP contribution in [-0.4, -0.2) is 61.3 Å². The van der Waals surface area contributed by atoms with Gasteiger partial charge in [0.1, 0.15) is 6.61 Å². The van der Waals surface area contributed by atoms with Crippen molar-refractivity contribution in [2.45, 2.75) is 83.0 Å². The summed E-state index contributed by atoms with van der Waals surface area (Å²) in [5, 5.41) is 0. The highest BCUT2D eigenvalue weighted by Gasteiger charge is 2.27. The Bertz CT molecular complexity index is 596. The normalized spacial score (nSPS) is 22.2. The highest BCUT2D eigenvalue weighted by atomic mass is 16.6. The second kappa shape index (κ2) is 13.0. The lowest BCUT2D eigenvalue weighted by Gasteiger charge is -2.34. The summed E-state index contributed by atoms with van der Waals surface area (Å²) in [5.41, 5.74) is 1.02. The molecule has 1 heterocycles. The molecule has 1 amide bonds. The van der Waals surface area contributed by atoms with Crippen LogP contribution < -0.4 is 0 Å². The first-order valence-corrected chi connectivity index (χ1v) is 12.0. The van der Waals surface area contributed by atoms with Gasteiger partial charge in [0.2, 0.25) is 0 Å². The van der Waals surface area contributed by atoms with Crippen LogP contribution in [0, 0.1) is 0 Å². The quantitative estimate of drug-likeness (QED) is 0.463. The molecule has 5 nitrogen and oxygen atoms in total. The molecule has 1 saturated heterocycles. The van der Waals surface area contributed by atoms with Gasteiger partial charge >= 0.3 is 6.09 Å². The summed E-state index contributed by atoms with van der Waals surface area (Å²) in [7, 11) is 1.86. The Morgan fingerprint density at radius 2 is 1.70 bits per heavy atom. The molecule has 0 unspecified atom stereocenters. The van der Waals surface area contributed by atoms with Crippen molar-refractivity contribution in [1.82, 2.24) is 9.80 Å². The van der Waals surface area contributed by atoms with Gasteiger partial charge in [-0.25, -0.2) is 4.79 Å². The van der Waals surface area contributed by atoms with Crippen LogP contribution >= 0.6 is 0 Å². The van der Waals surface area contributed by atoms with Crippen LogP contribution in [-0.2, 0) is 16.1 Å². The van der Waals surface area contributed by atoms with Crippen LogP contribution in [0.5, 0.6) is 0 Å². The van der Waals surface area contributed by atoms with E-state index in [2.05, 4.69) is 4.90 Å². The van der Waals surface area contributed by atoms with Gasteiger partial charge in [-0.15, -0.1) is 0 Å². The van der Waals surface area contributed by atoms with Crippen LogP contribution in [0.3, 0.4) is 0 Å². The lowest BCUT2D eigenvalue weighted by molar-refractivity contribution is 0.00692. The number of carbonyl (C=O) groups excluding carboxylic acids is 1. The largest absolute Gasteiger partial charge is 0.445 e. The van der Waals surface area contributed by atoms with Gasteiger partial charge < -0.3 is 19.3 Å². The van der Waals surface area contributed by atoms with Gasteiger partial charge in [-0.2, -0.15) is 0 Å². The summed E-state index contributed by atoms with van der Waals surface area (Å²) in [6.07, 6.45) is 12.1. The van der Waals surface area contributed by atoms with Crippen LogP contribution in [0.4, 0.5) is 4.79 Å². The Morgan fingerprint density at radius 1 is 1.00 bits per heavy atom. The number of unbranched alkanes of at least 4 members (excludes halogenated alkanes) is 3. The summed E-state index contributed by atoms with van der Waals surface area (Å²) >= 11 is 0. The highest BCUT2D eigenvalue weighted by Crippen LogP contribution is 2.25. The lowest BCUT2D eigenvalue weighted by Crippen LogP contribution is -2.41. The number of amides is 1. The summed E-state index contributed by atoms with van der Waals surface area (Å²) in [6, 6.07) is 10.1. The van der Waals surface area contributed by atoms with Crippen LogP contribution in [0.1, 0.15) is 69.8 Å². The van der Waals surface area contributed by atoms with Gasteiger partial charge in [-0.3, -0.25) is 0 Å². The Balaban J connectivity index is 1.20. The molecule has 0 N–H and O–H groups in total. The molecule has 168 valence electrons. The van der Waals surface area contributed by atoms with Crippen LogP contribution in [0.15, 0.2) is 30.3 Å². The number of benzene rings is 1. The number of hydrogen-bond donors (Lipinski definition) is 0. The van der Waals surface area contributed by atoms with Crippen molar-refractivity contribution in [3.05, 3.63) is 35.9 Å². The minimum absolute atomic E-state index is 0.225. The van der Waals surface area contributed by atoms with Crippen molar-refractivity contribution in [3.8, 4) is 0 Å². The maximum Gasteiger partial charge on any atom is 0.410 e. The predicted octanol–water partition coefficient (Wildman–Crippen LogP) is 5.24. The number of nitrogens with zero attached hydrogens (tertiary/aromatic N) is 2. The molecule has 0 aromatic heterocycles. The third-order valence-electron chi connectivity index (χ3n) is 6.61. The summed E-state index contributed by atoms with van der Waals surface area (Å²) < 4.78 is 11.6. The smallest absolute Gasteiger partial charge is 0.410 e. The SMILES string of the molecule is CN(C(=O)OCc1ccccc1)C1CCC(OCCCCCCN2CCCC2)CC1. The second-order valence-corrected chi connectivity index (χ2v) is 8.92. The standard InChI is InChI=1S/C25H40N2O3/c1-26(25(28)30-21-22-11-5-4-6-12-22)23-13-15-24(16-14-23)29-20-10-3-2-7-17-27-18-8-9-19-27/h4-6,11-12,23-24H,2-3,7-10,13-21H2,1H3. The maximum atomic E-state index is 12.3. The summed E-state index contributed by atoms with van der Waals surface area (Å²) in [6.45, 7) is 5.12. The number of ether oxygens (including phenoxy) is 2. The van der Waals surface area contributed by atoms with E-state index in [1.165, 1.54) is 58.2 Å². The van der Waals surface area contributed by atoms with Crippen LogP contribution in [0.25, 0.3) is 0 Å². The fourth-order valence-electron chi connectivity index (χ4n) is 4.62. The molecule has 3 rings (SSSR count). The van der Waals surface area contributed by atoms with Crippen molar-refractivity contribution in [2.75, 3.05) is 33.3 Å². The molecule has 1 aromatic carbocycles. The topological polar surface area (TPSA) is 42.0 Å². The van der Waals surface area contributed by atoms with E-state index in [0.29, 0.717) is 12.7 Å². The minimum Gasteiger partial charge on any atom is -0.445 e. The Morgan fingerprint density at radius 3 is 2.43 bits per heavy atom. The van der Waals surface area contributed by atoms with Crippen molar-refractivity contribution in [3.63, 3.8) is 0 Å². The number of carbonyl (C=O) groups is 1. The first-order chi connectivity index (χ1) is 14.7. The molecule has 0 bridgehead atoms.